The molecule has 16 heavy (non-hydrogen) atoms. The van der Waals surface area contributed by atoms with Gasteiger partial charge in [-0.05, 0) is 25.4 Å². The number of carbonyl (C=O) groups excluding carboxylic acids is 1. The largest absolute Gasteiger partial charge is 0.383 e. The predicted octanol–water partition coefficient (Wildman–Crippen LogP) is 0.948. The van der Waals surface area contributed by atoms with Gasteiger partial charge >= 0.3 is 0 Å². The predicted molar refractivity (Wildman–Crippen MR) is 67.8 cm³/mol. The van der Waals surface area contributed by atoms with Crippen LogP contribution in [0.3, 0.4) is 0 Å². The van der Waals surface area contributed by atoms with Gasteiger partial charge in [0.25, 0.3) is 0 Å². The van der Waals surface area contributed by atoms with Gasteiger partial charge < -0.3 is 15.5 Å². The number of aromatic nitrogens is 1. The molecule has 1 rings (SSSR count). The normalized spacial score (nSPS) is 10.2. The van der Waals surface area contributed by atoms with Crippen LogP contribution in [0.25, 0.3) is 0 Å². The smallest absolute Gasteiger partial charge is 0.241 e. The Hall–Kier alpha value is -1.30. The first-order chi connectivity index (χ1) is 7.47. The van der Waals surface area contributed by atoms with Crippen molar-refractivity contribution in [2.24, 2.45) is 0 Å². The van der Waals surface area contributed by atoms with Crippen molar-refractivity contribution in [1.82, 2.24) is 9.27 Å². The molecule has 1 heterocycles. The maximum absolute atomic E-state index is 11.6. The van der Waals surface area contributed by atoms with Gasteiger partial charge in [0, 0.05) is 26.2 Å². The Kier molecular flexibility index (Phi) is 4.12. The van der Waals surface area contributed by atoms with E-state index in [4.69, 9.17) is 5.73 Å². The highest BCUT2D eigenvalue weighted by Crippen LogP contribution is 2.29. The van der Waals surface area contributed by atoms with Crippen molar-refractivity contribution >= 4 is 28.3 Å². The van der Waals surface area contributed by atoms with Gasteiger partial charge in [-0.3, -0.25) is 4.79 Å². The second kappa shape index (κ2) is 5.16. The van der Waals surface area contributed by atoms with Crippen molar-refractivity contribution in [2.45, 2.75) is 13.8 Å². The third kappa shape index (κ3) is 2.63. The van der Waals surface area contributed by atoms with Gasteiger partial charge in [0.15, 0.2) is 0 Å². The zero-order chi connectivity index (χ0) is 12.3. The van der Waals surface area contributed by atoms with E-state index in [2.05, 4.69) is 4.37 Å². The number of amides is 1. The summed E-state index contributed by atoms with van der Waals surface area (Å²) >= 11 is 1.34. The summed E-state index contributed by atoms with van der Waals surface area (Å²) in [6, 6.07) is 0. The standard InChI is InChI=1S/C10H18N4OS/c1-5-14(6-8(15)13(3)4)10-7(2)9(11)12-16-10/h5-6H2,1-4H3,(H2,11,12). The van der Waals surface area contributed by atoms with Crippen LogP contribution >= 0.6 is 11.5 Å². The number of nitrogen functional groups attached to an aromatic ring is 1. The monoisotopic (exact) mass is 242 g/mol. The first kappa shape index (κ1) is 12.8. The average molecular weight is 242 g/mol. The van der Waals surface area contributed by atoms with Crippen molar-refractivity contribution in [3.8, 4) is 0 Å². The maximum atomic E-state index is 11.6. The molecule has 1 aromatic heterocycles. The van der Waals surface area contributed by atoms with Crippen LogP contribution in [0.4, 0.5) is 10.8 Å². The van der Waals surface area contributed by atoms with Crippen LogP contribution in [-0.4, -0.2) is 42.4 Å². The minimum Gasteiger partial charge on any atom is -0.383 e. The number of hydrogen-bond donors (Lipinski definition) is 1. The summed E-state index contributed by atoms with van der Waals surface area (Å²) in [5.74, 6) is 0.629. The Morgan fingerprint density at radius 2 is 2.12 bits per heavy atom. The van der Waals surface area contributed by atoms with Crippen LogP contribution < -0.4 is 10.6 Å². The Morgan fingerprint density at radius 1 is 1.50 bits per heavy atom. The molecular weight excluding hydrogens is 224 g/mol. The van der Waals surface area contributed by atoms with E-state index < -0.39 is 0 Å². The number of anilines is 2. The molecule has 0 atom stereocenters. The third-order valence-corrected chi connectivity index (χ3v) is 3.45. The highest BCUT2D eigenvalue weighted by molar-refractivity contribution is 7.10. The van der Waals surface area contributed by atoms with Crippen LogP contribution in [0.1, 0.15) is 12.5 Å². The van der Waals surface area contributed by atoms with Gasteiger partial charge in [0.05, 0.1) is 6.54 Å². The number of rotatable bonds is 4. The van der Waals surface area contributed by atoms with Gasteiger partial charge in [0.2, 0.25) is 5.91 Å². The Morgan fingerprint density at radius 3 is 2.50 bits per heavy atom. The summed E-state index contributed by atoms with van der Waals surface area (Å²) in [4.78, 5) is 15.2. The van der Waals surface area contributed by atoms with Gasteiger partial charge in [-0.2, -0.15) is 4.37 Å². The molecule has 0 aliphatic rings. The topological polar surface area (TPSA) is 62.5 Å². The minimum absolute atomic E-state index is 0.0771. The van der Waals surface area contributed by atoms with Gasteiger partial charge in [-0.15, -0.1) is 0 Å². The van der Waals surface area contributed by atoms with E-state index in [0.29, 0.717) is 12.4 Å². The minimum atomic E-state index is 0.0771. The fourth-order valence-corrected chi connectivity index (χ4v) is 2.14. The molecule has 90 valence electrons. The third-order valence-electron chi connectivity index (χ3n) is 2.43. The number of nitrogens with two attached hydrogens (primary N) is 1. The molecule has 0 bridgehead atoms. The van der Waals surface area contributed by atoms with Crippen LogP contribution in [-0.2, 0) is 4.79 Å². The lowest BCUT2D eigenvalue weighted by Crippen LogP contribution is -2.36. The Labute approximate surface area is 100 Å². The fraction of sp³-hybridized carbons (Fsp3) is 0.600. The zero-order valence-electron chi connectivity index (χ0n) is 10.1. The second-order valence-corrected chi connectivity index (χ2v) is 4.55. The van der Waals surface area contributed by atoms with Crippen LogP contribution in [0, 0.1) is 6.92 Å². The van der Waals surface area contributed by atoms with E-state index in [0.717, 1.165) is 17.1 Å². The van der Waals surface area contributed by atoms with Crippen LogP contribution in [0.2, 0.25) is 0 Å². The van der Waals surface area contributed by atoms with Crippen molar-refractivity contribution in [3.05, 3.63) is 5.56 Å². The van der Waals surface area contributed by atoms with E-state index in [1.54, 1.807) is 19.0 Å². The molecule has 0 spiro atoms. The molecule has 0 radical (unpaired) electrons. The number of nitrogens with zero attached hydrogens (tertiary/aromatic N) is 3. The van der Waals surface area contributed by atoms with Crippen molar-refractivity contribution in [1.29, 1.82) is 0 Å². The van der Waals surface area contributed by atoms with Crippen LogP contribution in [0.15, 0.2) is 0 Å². The number of likely N-dealkylation sites (N-methyl/N-ethyl adjacent to an activating group) is 2. The summed E-state index contributed by atoms with van der Waals surface area (Å²) in [5, 5.41) is 0.982. The lowest BCUT2D eigenvalue weighted by atomic mass is 10.3. The van der Waals surface area contributed by atoms with Crippen molar-refractivity contribution < 1.29 is 4.79 Å². The highest BCUT2D eigenvalue weighted by atomic mass is 32.1. The Bertz CT molecular complexity index is 375. The molecule has 6 heteroatoms. The SMILES string of the molecule is CCN(CC(=O)N(C)C)c1snc(N)c1C. The molecular formula is C10H18N4OS. The summed E-state index contributed by atoms with van der Waals surface area (Å²) in [5.41, 5.74) is 6.66. The molecule has 2 N–H and O–H groups in total. The summed E-state index contributed by atoms with van der Waals surface area (Å²) in [6.45, 7) is 5.07. The van der Waals surface area contributed by atoms with Gasteiger partial charge in [-0.25, -0.2) is 0 Å². The fourth-order valence-electron chi connectivity index (χ4n) is 1.27. The van der Waals surface area contributed by atoms with Crippen molar-refractivity contribution in [2.75, 3.05) is 37.8 Å². The lowest BCUT2D eigenvalue weighted by Gasteiger charge is -2.22. The van der Waals surface area contributed by atoms with Gasteiger partial charge in [-0.1, -0.05) is 0 Å². The van der Waals surface area contributed by atoms with E-state index in [1.807, 2.05) is 18.7 Å². The first-order valence-electron chi connectivity index (χ1n) is 5.14. The van der Waals surface area contributed by atoms with E-state index in [1.165, 1.54) is 11.5 Å². The van der Waals surface area contributed by atoms with E-state index in [-0.39, 0.29) is 5.91 Å². The molecule has 5 nitrogen and oxygen atoms in total. The summed E-state index contributed by atoms with van der Waals surface area (Å²) in [7, 11) is 3.51. The first-order valence-corrected chi connectivity index (χ1v) is 5.91. The average Bonchev–Trinajstić information content (AvgIpc) is 2.56. The second-order valence-electron chi connectivity index (χ2n) is 3.80. The Balaban J connectivity index is 2.83. The molecule has 1 aromatic rings. The quantitative estimate of drug-likeness (QED) is 0.854. The van der Waals surface area contributed by atoms with Crippen molar-refractivity contribution in [3.63, 3.8) is 0 Å². The molecule has 0 saturated carbocycles. The molecule has 0 aliphatic carbocycles. The lowest BCUT2D eigenvalue weighted by molar-refractivity contribution is -0.127. The molecule has 0 fully saturated rings. The van der Waals surface area contributed by atoms with Crippen LogP contribution in [0.5, 0.6) is 0 Å². The number of hydrogen-bond acceptors (Lipinski definition) is 5. The zero-order valence-corrected chi connectivity index (χ0v) is 11.0. The van der Waals surface area contributed by atoms with Gasteiger partial charge in [0.1, 0.15) is 10.8 Å². The maximum Gasteiger partial charge on any atom is 0.241 e. The molecule has 0 aliphatic heterocycles. The molecule has 0 aromatic carbocycles. The molecule has 0 saturated heterocycles. The van der Waals surface area contributed by atoms with E-state index in [9.17, 15) is 4.79 Å². The molecule has 0 unspecified atom stereocenters. The summed E-state index contributed by atoms with van der Waals surface area (Å²) in [6.07, 6.45) is 0. The highest BCUT2D eigenvalue weighted by Gasteiger charge is 2.16. The molecule has 1 amide bonds. The summed E-state index contributed by atoms with van der Waals surface area (Å²) < 4.78 is 4.09. The number of carbonyl (C=O) groups is 1. The van der Waals surface area contributed by atoms with E-state index >= 15 is 0 Å².